The number of benzene rings is 1. The average molecular weight is 329 g/mol. The van der Waals surface area contributed by atoms with Crippen molar-refractivity contribution in [2.24, 2.45) is 0 Å². The zero-order valence-corrected chi connectivity index (χ0v) is 14.0. The predicted octanol–water partition coefficient (Wildman–Crippen LogP) is 1.84. The van der Waals surface area contributed by atoms with Crippen LogP contribution in [-0.4, -0.2) is 49.8 Å². The Hall–Kier alpha value is -1.30. The molecule has 0 spiro atoms. The Morgan fingerprint density at radius 3 is 2.73 bits per heavy atom. The first kappa shape index (κ1) is 18.7. The Morgan fingerprint density at radius 2 is 2.09 bits per heavy atom. The van der Waals surface area contributed by atoms with Crippen molar-refractivity contribution in [1.82, 2.24) is 10.2 Å². The van der Waals surface area contributed by atoms with Gasteiger partial charge in [0.25, 0.3) is 0 Å². The summed E-state index contributed by atoms with van der Waals surface area (Å²) >= 11 is 0. The topological polar surface area (TPSA) is 50.8 Å². The van der Waals surface area contributed by atoms with Crippen LogP contribution in [0.5, 0.6) is 5.75 Å². The van der Waals surface area contributed by atoms with Crippen LogP contribution >= 0.6 is 12.4 Å². The van der Waals surface area contributed by atoms with Gasteiger partial charge in [0.2, 0.25) is 0 Å². The molecule has 5 nitrogen and oxygen atoms in total. The van der Waals surface area contributed by atoms with Crippen LogP contribution in [0.2, 0.25) is 0 Å². The Labute approximate surface area is 138 Å². The molecular weight excluding hydrogens is 304 g/mol. The van der Waals surface area contributed by atoms with E-state index in [0.29, 0.717) is 18.4 Å². The molecule has 1 aromatic carbocycles. The van der Waals surface area contributed by atoms with E-state index >= 15 is 0 Å². The quantitative estimate of drug-likeness (QED) is 0.808. The fourth-order valence-corrected chi connectivity index (χ4v) is 2.45. The van der Waals surface area contributed by atoms with Crippen molar-refractivity contribution in [2.75, 3.05) is 32.8 Å². The number of carbonyl (C=O) groups excluding carboxylic acids is 1. The summed E-state index contributed by atoms with van der Waals surface area (Å²) in [6.45, 7) is 8.47. The van der Waals surface area contributed by atoms with Gasteiger partial charge in [0.05, 0.1) is 6.61 Å². The van der Waals surface area contributed by atoms with Crippen molar-refractivity contribution in [3.63, 3.8) is 0 Å². The molecule has 1 N–H and O–H groups in total. The van der Waals surface area contributed by atoms with Gasteiger partial charge in [-0.05, 0) is 31.5 Å². The number of piperazine rings is 1. The Balaban J connectivity index is 0.00000242. The molecule has 0 amide bonds. The summed E-state index contributed by atoms with van der Waals surface area (Å²) in [6, 6.07) is 8.45. The normalized spacial score (nSPS) is 18.4. The van der Waals surface area contributed by atoms with Crippen molar-refractivity contribution in [2.45, 2.75) is 26.4 Å². The molecule has 124 valence electrons. The van der Waals surface area contributed by atoms with E-state index in [1.807, 2.05) is 24.3 Å². The molecule has 6 heteroatoms. The van der Waals surface area contributed by atoms with Gasteiger partial charge in [-0.3, -0.25) is 4.90 Å². The van der Waals surface area contributed by atoms with Gasteiger partial charge in [0.1, 0.15) is 5.75 Å². The first-order valence-corrected chi connectivity index (χ1v) is 7.50. The molecule has 2 rings (SSSR count). The molecule has 1 aliphatic heterocycles. The Morgan fingerprint density at radius 1 is 1.36 bits per heavy atom. The standard InChI is InChI=1S/C16H24N2O3.ClH/c1-3-20-16(19)12-21-15-6-4-14(5-7-15)11-18-9-8-17-13(2)10-18;/h4-7,13,17H,3,8-12H2,1-2H3;1H. The molecule has 1 aliphatic rings. The first-order chi connectivity index (χ1) is 10.2. The molecule has 1 fully saturated rings. The first-order valence-electron chi connectivity index (χ1n) is 7.50. The number of ether oxygens (including phenoxy) is 2. The molecule has 1 saturated heterocycles. The van der Waals surface area contributed by atoms with E-state index in [1.54, 1.807) is 6.92 Å². The van der Waals surface area contributed by atoms with Crippen LogP contribution in [0.25, 0.3) is 0 Å². The minimum atomic E-state index is -0.337. The van der Waals surface area contributed by atoms with Crippen molar-refractivity contribution in [3.8, 4) is 5.75 Å². The molecule has 22 heavy (non-hydrogen) atoms. The van der Waals surface area contributed by atoms with Crippen LogP contribution in [-0.2, 0) is 16.1 Å². The van der Waals surface area contributed by atoms with E-state index in [0.717, 1.165) is 26.2 Å². The average Bonchev–Trinajstić information content (AvgIpc) is 2.47. The molecule has 0 saturated carbocycles. The van der Waals surface area contributed by atoms with Gasteiger partial charge < -0.3 is 14.8 Å². The highest BCUT2D eigenvalue weighted by Crippen LogP contribution is 2.14. The van der Waals surface area contributed by atoms with Crippen molar-refractivity contribution >= 4 is 18.4 Å². The maximum Gasteiger partial charge on any atom is 0.344 e. The molecule has 0 radical (unpaired) electrons. The van der Waals surface area contributed by atoms with Crippen LogP contribution in [0.4, 0.5) is 0 Å². The molecule has 1 aromatic rings. The Kier molecular flexibility index (Phi) is 8.24. The lowest BCUT2D eigenvalue weighted by atomic mass is 10.1. The largest absolute Gasteiger partial charge is 0.482 e. The number of esters is 1. The maximum absolute atomic E-state index is 11.2. The van der Waals surface area contributed by atoms with Gasteiger partial charge >= 0.3 is 5.97 Å². The van der Waals surface area contributed by atoms with E-state index in [1.165, 1.54) is 5.56 Å². The zero-order valence-electron chi connectivity index (χ0n) is 13.2. The second-order valence-corrected chi connectivity index (χ2v) is 5.33. The van der Waals surface area contributed by atoms with Crippen LogP contribution < -0.4 is 10.1 Å². The molecule has 1 atom stereocenters. The molecular formula is C16H25ClN2O3. The van der Waals surface area contributed by atoms with Gasteiger partial charge in [-0.25, -0.2) is 4.79 Å². The van der Waals surface area contributed by atoms with Crippen LogP contribution in [0.1, 0.15) is 19.4 Å². The van der Waals surface area contributed by atoms with Gasteiger partial charge in [-0.1, -0.05) is 12.1 Å². The summed E-state index contributed by atoms with van der Waals surface area (Å²) in [4.78, 5) is 13.7. The minimum Gasteiger partial charge on any atom is -0.482 e. The molecule has 0 aliphatic carbocycles. The molecule has 1 unspecified atom stereocenters. The van der Waals surface area contributed by atoms with E-state index in [4.69, 9.17) is 9.47 Å². The predicted molar refractivity (Wildman–Crippen MR) is 88.6 cm³/mol. The highest BCUT2D eigenvalue weighted by Gasteiger charge is 2.15. The number of nitrogens with one attached hydrogen (secondary N) is 1. The fourth-order valence-electron chi connectivity index (χ4n) is 2.45. The number of carbonyl (C=O) groups is 1. The van der Waals surface area contributed by atoms with Gasteiger partial charge in [-0.15, -0.1) is 12.4 Å². The van der Waals surface area contributed by atoms with E-state index in [9.17, 15) is 4.79 Å². The molecule has 0 aromatic heterocycles. The maximum atomic E-state index is 11.2. The summed E-state index contributed by atoms with van der Waals surface area (Å²) in [6.07, 6.45) is 0. The summed E-state index contributed by atoms with van der Waals surface area (Å²) in [5.74, 6) is 0.358. The van der Waals surface area contributed by atoms with E-state index in [-0.39, 0.29) is 25.0 Å². The van der Waals surface area contributed by atoms with Gasteiger partial charge in [0.15, 0.2) is 6.61 Å². The monoisotopic (exact) mass is 328 g/mol. The van der Waals surface area contributed by atoms with Crippen molar-refractivity contribution < 1.29 is 14.3 Å². The molecule has 0 bridgehead atoms. The minimum absolute atomic E-state index is 0. The van der Waals surface area contributed by atoms with Crippen LogP contribution in [0.15, 0.2) is 24.3 Å². The van der Waals surface area contributed by atoms with Crippen LogP contribution in [0.3, 0.4) is 0 Å². The summed E-state index contributed by atoms with van der Waals surface area (Å²) in [5, 5.41) is 3.44. The third-order valence-electron chi connectivity index (χ3n) is 3.44. The smallest absolute Gasteiger partial charge is 0.344 e. The second kappa shape index (κ2) is 9.66. The lowest BCUT2D eigenvalue weighted by Gasteiger charge is -2.31. The van der Waals surface area contributed by atoms with Gasteiger partial charge in [-0.2, -0.15) is 0 Å². The highest BCUT2D eigenvalue weighted by atomic mass is 35.5. The zero-order chi connectivity index (χ0) is 15.1. The second-order valence-electron chi connectivity index (χ2n) is 5.33. The van der Waals surface area contributed by atoms with Gasteiger partial charge in [0, 0.05) is 32.2 Å². The lowest BCUT2D eigenvalue weighted by molar-refractivity contribution is -0.145. The van der Waals surface area contributed by atoms with Crippen molar-refractivity contribution in [1.29, 1.82) is 0 Å². The van der Waals surface area contributed by atoms with Crippen molar-refractivity contribution in [3.05, 3.63) is 29.8 Å². The van der Waals surface area contributed by atoms with E-state index < -0.39 is 0 Å². The summed E-state index contributed by atoms with van der Waals surface area (Å²) in [5.41, 5.74) is 1.26. The van der Waals surface area contributed by atoms with Crippen LogP contribution in [0, 0.1) is 0 Å². The highest BCUT2D eigenvalue weighted by molar-refractivity contribution is 5.85. The SMILES string of the molecule is CCOC(=O)COc1ccc(CN2CCNC(C)C2)cc1.Cl. The van der Waals surface area contributed by atoms with E-state index in [2.05, 4.69) is 17.1 Å². The summed E-state index contributed by atoms with van der Waals surface area (Å²) in [7, 11) is 0. The third kappa shape index (κ3) is 6.22. The molecule has 1 heterocycles. The Bertz CT molecular complexity index is 453. The number of hydrogen-bond donors (Lipinski definition) is 1. The number of nitrogens with zero attached hydrogens (tertiary/aromatic N) is 1. The number of hydrogen-bond acceptors (Lipinski definition) is 5. The number of halogens is 1. The third-order valence-corrected chi connectivity index (χ3v) is 3.44. The fraction of sp³-hybridized carbons (Fsp3) is 0.562. The summed E-state index contributed by atoms with van der Waals surface area (Å²) < 4.78 is 10.2. The lowest BCUT2D eigenvalue weighted by Crippen LogP contribution is -2.48. The number of rotatable bonds is 6.